The summed E-state index contributed by atoms with van der Waals surface area (Å²) in [5.41, 5.74) is 0. The predicted molar refractivity (Wildman–Crippen MR) is 102 cm³/mol. The molecule has 0 saturated carbocycles. The molecule has 144 valence electrons. The molecule has 0 atom stereocenters. The molecule has 0 aromatic rings. The fourth-order valence-corrected chi connectivity index (χ4v) is 2.98. The van der Waals surface area contributed by atoms with E-state index in [1.807, 2.05) is 0 Å². The molecule has 0 bridgehead atoms. The number of hydrogen-bond acceptors (Lipinski definition) is 4. The third-order valence-corrected chi connectivity index (χ3v) is 4.67. The van der Waals surface area contributed by atoms with E-state index in [-0.39, 0.29) is 0 Å². The Morgan fingerprint density at radius 3 is 1.67 bits per heavy atom. The third-order valence-electron chi connectivity index (χ3n) is 3.70. The lowest BCUT2D eigenvalue weighted by Gasteiger charge is -2.07. The molecule has 5 heteroatoms. The van der Waals surface area contributed by atoms with E-state index in [9.17, 15) is 0 Å². The van der Waals surface area contributed by atoms with Crippen LogP contribution in [0.4, 0.5) is 0 Å². The molecule has 0 unspecified atom stereocenters. The Morgan fingerprint density at radius 2 is 1.00 bits per heavy atom. The van der Waals surface area contributed by atoms with E-state index in [1.54, 1.807) is 0 Å². The van der Waals surface area contributed by atoms with Crippen molar-refractivity contribution in [1.82, 2.24) is 0 Å². The van der Waals surface area contributed by atoms with Gasteiger partial charge in [-0.3, -0.25) is 0 Å². The Balaban J connectivity index is 2.93. The quantitative estimate of drug-likeness (QED) is 0.221. The van der Waals surface area contributed by atoms with Crippen molar-refractivity contribution in [3.8, 4) is 0 Å². The van der Waals surface area contributed by atoms with Crippen LogP contribution in [0.2, 0.25) is 6.04 Å². The zero-order valence-corrected chi connectivity index (χ0v) is 17.2. The molecule has 0 aromatic heterocycles. The van der Waals surface area contributed by atoms with Gasteiger partial charge in [-0.05, 0) is 12.5 Å². The van der Waals surface area contributed by atoms with Gasteiger partial charge in [-0.2, -0.15) is 0 Å². The maximum atomic E-state index is 5.56. The molecule has 0 aliphatic heterocycles. The Morgan fingerprint density at radius 1 is 0.500 bits per heavy atom. The van der Waals surface area contributed by atoms with Crippen LogP contribution in [0.5, 0.6) is 0 Å². The zero-order valence-electron chi connectivity index (χ0n) is 16.2. The molecule has 0 saturated heterocycles. The zero-order chi connectivity index (χ0) is 17.6. The minimum atomic E-state index is 0.625. The van der Waals surface area contributed by atoms with Crippen LogP contribution in [0.1, 0.15) is 71.6 Å². The minimum Gasteiger partial charge on any atom is -0.415 e. The third kappa shape index (κ3) is 22.1. The van der Waals surface area contributed by atoms with Crippen molar-refractivity contribution in [2.45, 2.75) is 77.7 Å². The smallest absolute Gasteiger partial charge is 0.229 e. The maximum absolute atomic E-state index is 5.56. The van der Waals surface area contributed by atoms with Crippen molar-refractivity contribution < 1.29 is 18.6 Å². The van der Waals surface area contributed by atoms with Gasteiger partial charge < -0.3 is 18.6 Å². The highest BCUT2D eigenvalue weighted by molar-refractivity contribution is 6.26. The second-order valence-corrected chi connectivity index (χ2v) is 7.13. The van der Waals surface area contributed by atoms with Gasteiger partial charge in [0.05, 0.1) is 39.6 Å². The first-order chi connectivity index (χ1) is 11.9. The normalized spacial score (nSPS) is 11.2. The summed E-state index contributed by atoms with van der Waals surface area (Å²) < 4.78 is 22.0. The monoisotopic (exact) mass is 360 g/mol. The molecule has 0 aliphatic rings. The van der Waals surface area contributed by atoms with Gasteiger partial charge in [-0.25, -0.2) is 0 Å². The highest BCUT2D eigenvalue weighted by Crippen LogP contribution is 2.04. The lowest BCUT2D eigenvalue weighted by Crippen LogP contribution is -2.12. The molecule has 4 nitrogen and oxygen atoms in total. The van der Waals surface area contributed by atoms with Crippen molar-refractivity contribution in [3.63, 3.8) is 0 Å². The first-order valence-electron chi connectivity index (χ1n) is 9.99. The van der Waals surface area contributed by atoms with Gasteiger partial charge in [0.25, 0.3) is 0 Å². The van der Waals surface area contributed by atoms with Gasteiger partial charge in [0.2, 0.25) is 9.76 Å². The van der Waals surface area contributed by atoms with Crippen LogP contribution in [0, 0.1) is 0 Å². The van der Waals surface area contributed by atoms with Crippen molar-refractivity contribution in [2.75, 3.05) is 46.2 Å². The molecule has 0 spiro atoms. The van der Waals surface area contributed by atoms with Gasteiger partial charge >= 0.3 is 0 Å². The van der Waals surface area contributed by atoms with Gasteiger partial charge in [0.1, 0.15) is 0 Å². The average Bonchev–Trinajstić information content (AvgIpc) is 2.60. The molecule has 0 amide bonds. The van der Waals surface area contributed by atoms with Crippen molar-refractivity contribution >= 4 is 9.76 Å². The van der Waals surface area contributed by atoms with E-state index in [2.05, 4.69) is 13.8 Å². The Bertz CT molecular complexity index is 196. The summed E-state index contributed by atoms with van der Waals surface area (Å²) in [5, 5.41) is 0. The van der Waals surface area contributed by atoms with Crippen LogP contribution in [-0.2, 0) is 18.6 Å². The Labute approximate surface area is 152 Å². The minimum absolute atomic E-state index is 0.625. The largest absolute Gasteiger partial charge is 0.415 e. The number of unbranched alkanes of at least 4 members (excludes halogenated alkanes) is 7. The van der Waals surface area contributed by atoms with Crippen LogP contribution in [0.3, 0.4) is 0 Å². The second-order valence-electron chi connectivity index (χ2n) is 6.05. The van der Waals surface area contributed by atoms with Crippen LogP contribution in [0.15, 0.2) is 0 Å². The lowest BCUT2D eigenvalue weighted by molar-refractivity contribution is 0.00891. The highest BCUT2D eigenvalue weighted by Gasteiger charge is 1.95. The molecular formula is C19H40O4Si. The standard InChI is InChI=1S/C19H40O4Si/c1-3-5-7-8-9-10-12-20-13-14-21-15-16-22-17-18-23-24-19-11-6-4-2/h3-19H2,1-2H3. The lowest BCUT2D eigenvalue weighted by atomic mass is 10.1. The van der Waals surface area contributed by atoms with E-state index in [4.69, 9.17) is 18.6 Å². The predicted octanol–water partition coefficient (Wildman–Crippen LogP) is 4.64. The van der Waals surface area contributed by atoms with Crippen LogP contribution >= 0.6 is 0 Å². The summed E-state index contributed by atoms with van der Waals surface area (Å²) in [4.78, 5) is 0. The van der Waals surface area contributed by atoms with Gasteiger partial charge in [-0.15, -0.1) is 0 Å². The average molecular weight is 361 g/mol. The molecule has 0 aromatic carbocycles. The van der Waals surface area contributed by atoms with E-state index in [0.717, 1.165) is 6.61 Å². The van der Waals surface area contributed by atoms with Crippen molar-refractivity contribution in [3.05, 3.63) is 0 Å². The topological polar surface area (TPSA) is 36.9 Å². The first-order valence-corrected chi connectivity index (χ1v) is 11.1. The van der Waals surface area contributed by atoms with E-state index < -0.39 is 0 Å². The fraction of sp³-hybridized carbons (Fsp3) is 1.00. The summed E-state index contributed by atoms with van der Waals surface area (Å²) in [5.74, 6) is 0. The SMILES string of the molecule is CCCCCCCCOCCOCCOCCO[Si]CCCCC. The van der Waals surface area contributed by atoms with Crippen LogP contribution in [-0.4, -0.2) is 56.0 Å². The van der Waals surface area contributed by atoms with Gasteiger partial charge in [0.15, 0.2) is 0 Å². The van der Waals surface area contributed by atoms with Gasteiger partial charge in [0, 0.05) is 6.61 Å². The molecule has 0 heterocycles. The number of ether oxygens (including phenoxy) is 3. The summed E-state index contributed by atoms with van der Waals surface area (Å²) in [6.07, 6.45) is 11.7. The first kappa shape index (κ1) is 24.1. The highest BCUT2D eigenvalue weighted by atomic mass is 28.2. The summed E-state index contributed by atoms with van der Waals surface area (Å²) in [7, 11) is 0.625. The molecule has 0 aliphatic carbocycles. The van der Waals surface area contributed by atoms with E-state index in [1.165, 1.54) is 63.8 Å². The van der Waals surface area contributed by atoms with E-state index >= 15 is 0 Å². The molecule has 2 radical (unpaired) electrons. The van der Waals surface area contributed by atoms with Crippen molar-refractivity contribution in [1.29, 1.82) is 0 Å². The summed E-state index contributed by atoms with van der Waals surface area (Å²) in [6.45, 7) is 9.33. The summed E-state index contributed by atoms with van der Waals surface area (Å²) >= 11 is 0. The number of rotatable bonds is 21. The molecule has 0 N–H and O–H groups in total. The van der Waals surface area contributed by atoms with Crippen LogP contribution in [0.25, 0.3) is 0 Å². The van der Waals surface area contributed by atoms with Crippen LogP contribution < -0.4 is 0 Å². The van der Waals surface area contributed by atoms with Crippen molar-refractivity contribution in [2.24, 2.45) is 0 Å². The molecule has 0 fully saturated rings. The molecule has 0 rings (SSSR count). The maximum Gasteiger partial charge on any atom is 0.229 e. The Kier molecular flexibility index (Phi) is 23.1. The molecule has 24 heavy (non-hydrogen) atoms. The second kappa shape index (κ2) is 23.1. The fourth-order valence-electron chi connectivity index (χ4n) is 2.22. The summed E-state index contributed by atoms with van der Waals surface area (Å²) in [6, 6.07) is 1.19. The number of hydrogen-bond donors (Lipinski definition) is 0. The van der Waals surface area contributed by atoms with Gasteiger partial charge in [-0.1, -0.05) is 65.2 Å². The Hall–Kier alpha value is 0.0569. The molecular weight excluding hydrogens is 320 g/mol. The van der Waals surface area contributed by atoms with E-state index in [0.29, 0.717) is 49.4 Å².